The molecule has 1 saturated heterocycles. The van der Waals surface area contributed by atoms with Crippen LogP contribution >= 0.6 is 11.3 Å². The monoisotopic (exact) mass is 404 g/mol. The molecular formula is C24H24N2O2S. The molecule has 0 bridgehead atoms. The van der Waals surface area contributed by atoms with Crippen LogP contribution in [0.25, 0.3) is 11.1 Å². The molecule has 0 spiro atoms. The zero-order valence-corrected chi connectivity index (χ0v) is 17.2. The number of rotatable bonds is 4. The van der Waals surface area contributed by atoms with Gasteiger partial charge in [-0.15, -0.1) is 11.3 Å². The van der Waals surface area contributed by atoms with E-state index in [2.05, 4.69) is 35.6 Å². The molecule has 1 atom stereocenters. The number of thiophene rings is 1. The minimum absolute atomic E-state index is 0.0163. The Morgan fingerprint density at radius 1 is 1.07 bits per heavy atom. The number of aryl methyl sites for hydroxylation is 1. The highest BCUT2D eigenvalue weighted by atomic mass is 32.1. The molecule has 148 valence electrons. The molecule has 4 nitrogen and oxygen atoms in total. The highest BCUT2D eigenvalue weighted by Crippen LogP contribution is 2.23. The van der Waals surface area contributed by atoms with Crippen molar-refractivity contribution >= 4 is 23.2 Å². The van der Waals surface area contributed by atoms with Crippen molar-refractivity contribution < 1.29 is 9.59 Å². The minimum Gasteiger partial charge on any atom is -0.354 e. The van der Waals surface area contributed by atoms with Gasteiger partial charge in [0.1, 0.15) is 0 Å². The molecule has 0 unspecified atom stereocenters. The summed E-state index contributed by atoms with van der Waals surface area (Å²) in [6.07, 6.45) is 0.611. The minimum atomic E-state index is -0.256. The van der Waals surface area contributed by atoms with Gasteiger partial charge in [0.05, 0.1) is 10.8 Å². The van der Waals surface area contributed by atoms with E-state index in [1.165, 1.54) is 11.3 Å². The van der Waals surface area contributed by atoms with Gasteiger partial charge in [-0.05, 0) is 42.2 Å². The topological polar surface area (TPSA) is 49.4 Å². The lowest BCUT2D eigenvalue weighted by Gasteiger charge is -2.23. The fourth-order valence-corrected chi connectivity index (χ4v) is 4.57. The predicted molar refractivity (Wildman–Crippen MR) is 117 cm³/mol. The van der Waals surface area contributed by atoms with Gasteiger partial charge in [0.25, 0.3) is 5.91 Å². The van der Waals surface area contributed by atoms with Gasteiger partial charge in [-0.25, -0.2) is 0 Å². The molecule has 0 radical (unpaired) electrons. The summed E-state index contributed by atoms with van der Waals surface area (Å²) in [5.41, 5.74) is 3.40. The quantitative estimate of drug-likeness (QED) is 0.710. The zero-order valence-electron chi connectivity index (χ0n) is 16.4. The van der Waals surface area contributed by atoms with Crippen molar-refractivity contribution in [1.82, 2.24) is 10.2 Å². The lowest BCUT2D eigenvalue weighted by atomic mass is 9.95. The normalized spacial score (nSPS) is 16.9. The molecule has 2 heterocycles. The Bertz CT molecular complexity index is 1010. The van der Waals surface area contributed by atoms with Gasteiger partial charge in [-0.2, -0.15) is 0 Å². The maximum absolute atomic E-state index is 12.9. The average molecular weight is 405 g/mol. The van der Waals surface area contributed by atoms with E-state index in [0.717, 1.165) is 26.4 Å². The zero-order chi connectivity index (χ0) is 20.2. The number of carbonyl (C=O) groups excluding carboxylic acids is 2. The first kappa shape index (κ1) is 19.4. The predicted octanol–water partition coefficient (Wildman–Crippen LogP) is 4.15. The van der Waals surface area contributed by atoms with E-state index in [0.29, 0.717) is 26.1 Å². The molecule has 2 amide bonds. The second-order valence-electron chi connectivity index (χ2n) is 7.42. The molecule has 1 aromatic heterocycles. The van der Waals surface area contributed by atoms with Crippen LogP contribution in [0.1, 0.15) is 20.1 Å². The number of hydrogen-bond donors (Lipinski definition) is 1. The first-order valence-corrected chi connectivity index (χ1v) is 10.7. The number of nitrogens with one attached hydrogen (secondary N) is 1. The second kappa shape index (κ2) is 8.62. The first-order valence-electron chi connectivity index (χ1n) is 9.88. The van der Waals surface area contributed by atoms with Gasteiger partial charge in [-0.3, -0.25) is 9.59 Å². The van der Waals surface area contributed by atoms with Crippen LogP contribution in [0.3, 0.4) is 0 Å². The van der Waals surface area contributed by atoms with Gasteiger partial charge < -0.3 is 10.2 Å². The van der Waals surface area contributed by atoms with Gasteiger partial charge in [0.2, 0.25) is 5.91 Å². The van der Waals surface area contributed by atoms with Crippen LogP contribution in [0.15, 0.2) is 66.7 Å². The molecule has 1 aliphatic rings. The van der Waals surface area contributed by atoms with Crippen molar-refractivity contribution in [2.75, 3.05) is 19.6 Å². The average Bonchev–Trinajstić information content (AvgIpc) is 3.10. The SMILES string of the molecule is Cc1ccc(C(=O)N2CCNC(=O)[C@H](Cc3cccc(-c4ccccc4)c3)C2)s1. The Balaban J connectivity index is 1.52. The van der Waals surface area contributed by atoms with E-state index in [1.807, 2.05) is 48.2 Å². The van der Waals surface area contributed by atoms with E-state index < -0.39 is 0 Å². The molecule has 1 aliphatic heterocycles. The van der Waals surface area contributed by atoms with Crippen molar-refractivity contribution in [1.29, 1.82) is 0 Å². The molecule has 0 aliphatic carbocycles. The number of hydrogen-bond acceptors (Lipinski definition) is 3. The molecule has 3 aromatic rings. The molecule has 1 fully saturated rings. The van der Waals surface area contributed by atoms with Crippen LogP contribution in [-0.4, -0.2) is 36.3 Å². The van der Waals surface area contributed by atoms with Gasteiger partial charge in [0, 0.05) is 24.5 Å². The Hall–Kier alpha value is -2.92. The fourth-order valence-electron chi connectivity index (χ4n) is 3.74. The fraction of sp³-hybridized carbons (Fsp3) is 0.250. The van der Waals surface area contributed by atoms with Crippen LogP contribution in [0.4, 0.5) is 0 Å². The summed E-state index contributed by atoms with van der Waals surface area (Å²) in [6, 6.07) is 22.4. The van der Waals surface area contributed by atoms with Crippen LogP contribution in [0.5, 0.6) is 0 Å². The standard InChI is InChI=1S/C24H24N2O2S/c1-17-10-11-22(29-17)24(28)26-13-12-25-23(27)21(16-26)15-18-6-5-9-20(14-18)19-7-3-2-4-8-19/h2-11,14,21H,12-13,15-16H2,1H3,(H,25,27)/t21-/m1/s1. The third kappa shape index (κ3) is 4.57. The lowest BCUT2D eigenvalue weighted by Crippen LogP contribution is -2.37. The first-order chi connectivity index (χ1) is 14.1. The van der Waals surface area contributed by atoms with E-state index in [9.17, 15) is 9.59 Å². The molecule has 2 aromatic carbocycles. The summed E-state index contributed by atoms with van der Waals surface area (Å²) < 4.78 is 0. The summed E-state index contributed by atoms with van der Waals surface area (Å²) >= 11 is 1.51. The molecular weight excluding hydrogens is 380 g/mol. The summed E-state index contributed by atoms with van der Waals surface area (Å²) in [7, 11) is 0. The second-order valence-corrected chi connectivity index (χ2v) is 8.71. The summed E-state index contributed by atoms with van der Waals surface area (Å²) in [6.45, 7) is 3.48. The van der Waals surface area contributed by atoms with Gasteiger partial charge in [-0.1, -0.05) is 54.6 Å². The highest BCUT2D eigenvalue weighted by molar-refractivity contribution is 7.13. The van der Waals surface area contributed by atoms with E-state index in [4.69, 9.17) is 0 Å². The van der Waals surface area contributed by atoms with Crippen LogP contribution in [-0.2, 0) is 11.2 Å². The number of benzene rings is 2. The van der Waals surface area contributed by atoms with Crippen molar-refractivity contribution in [2.45, 2.75) is 13.3 Å². The van der Waals surface area contributed by atoms with Gasteiger partial charge >= 0.3 is 0 Å². The maximum atomic E-state index is 12.9. The van der Waals surface area contributed by atoms with E-state index in [1.54, 1.807) is 0 Å². The molecule has 4 rings (SSSR count). The summed E-state index contributed by atoms with van der Waals surface area (Å²) in [5.74, 6) is -0.219. The Labute approximate surface area is 175 Å². The Kier molecular flexibility index (Phi) is 5.76. The van der Waals surface area contributed by atoms with Crippen LogP contribution in [0.2, 0.25) is 0 Å². The molecule has 1 N–H and O–H groups in total. The third-order valence-electron chi connectivity index (χ3n) is 5.25. The number of carbonyl (C=O) groups is 2. The molecule has 5 heteroatoms. The van der Waals surface area contributed by atoms with Crippen LogP contribution < -0.4 is 5.32 Å². The van der Waals surface area contributed by atoms with E-state index in [-0.39, 0.29) is 17.7 Å². The van der Waals surface area contributed by atoms with E-state index >= 15 is 0 Å². The third-order valence-corrected chi connectivity index (χ3v) is 6.24. The van der Waals surface area contributed by atoms with Crippen molar-refractivity contribution in [3.63, 3.8) is 0 Å². The Morgan fingerprint density at radius 2 is 1.86 bits per heavy atom. The van der Waals surface area contributed by atoms with Crippen molar-refractivity contribution in [2.24, 2.45) is 5.92 Å². The Morgan fingerprint density at radius 3 is 2.62 bits per heavy atom. The lowest BCUT2D eigenvalue weighted by molar-refractivity contribution is -0.124. The van der Waals surface area contributed by atoms with Crippen LogP contribution in [0, 0.1) is 12.8 Å². The van der Waals surface area contributed by atoms with Crippen molar-refractivity contribution in [3.8, 4) is 11.1 Å². The molecule has 0 saturated carbocycles. The summed E-state index contributed by atoms with van der Waals surface area (Å²) in [5, 5.41) is 2.97. The largest absolute Gasteiger partial charge is 0.354 e. The maximum Gasteiger partial charge on any atom is 0.264 e. The summed E-state index contributed by atoms with van der Waals surface area (Å²) in [4.78, 5) is 29.2. The number of amides is 2. The van der Waals surface area contributed by atoms with Gasteiger partial charge in [0.15, 0.2) is 0 Å². The van der Waals surface area contributed by atoms with Crippen molar-refractivity contribution in [3.05, 3.63) is 82.0 Å². The number of nitrogens with zero attached hydrogens (tertiary/aromatic N) is 1. The smallest absolute Gasteiger partial charge is 0.264 e. The highest BCUT2D eigenvalue weighted by Gasteiger charge is 2.28. The molecule has 29 heavy (non-hydrogen) atoms.